The number of hydrogen-bond donors (Lipinski definition) is 0. The molecule has 0 saturated heterocycles. The Labute approximate surface area is 116 Å². The monoisotopic (exact) mass is 269 g/mol. The van der Waals surface area contributed by atoms with E-state index in [1.54, 1.807) is 0 Å². The fourth-order valence-electron chi connectivity index (χ4n) is 2.62. The van der Waals surface area contributed by atoms with Crippen molar-refractivity contribution >= 4 is 28.0 Å². The zero-order valence-corrected chi connectivity index (χ0v) is 11.6. The van der Waals surface area contributed by atoms with Crippen LogP contribution in [0.1, 0.15) is 12.8 Å². The molecule has 1 aliphatic rings. The molecule has 0 spiro atoms. The predicted octanol–water partition coefficient (Wildman–Crippen LogP) is 3.45. The van der Waals surface area contributed by atoms with Gasteiger partial charge in [-0.25, -0.2) is 4.98 Å². The fourth-order valence-corrected chi connectivity index (χ4v) is 2.62. The fraction of sp³-hybridized carbons (Fsp3) is 0.267. The van der Waals surface area contributed by atoms with Crippen molar-refractivity contribution < 1.29 is 8.83 Å². The first kappa shape index (κ1) is 11.4. The number of hydrogen-bond acceptors (Lipinski definition) is 5. The minimum Gasteiger partial charge on any atom is -0.424 e. The van der Waals surface area contributed by atoms with Gasteiger partial charge in [0.25, 0.3) is 0 Å². The van der Waals surface area contributed by atoms with Crippen LogP contribution in [0.3, 0.4) is 0 Å². The second kappa shape index (κ2) is 3.79. The zero-order chi connectivity index (χ0) is 13.9. The highest BCUT2D eigenvalue weighted by Gasteiger charge is 2.21. The molecule has 0 radical (unpaired) electrons. The first-order valence-corrected chi connectivity index (χ1v) is 6.62. The van der Waals surface area contributed by atoms with Gasteiger partial charge in [0.1, 0.15) is 11.7 Å². The molecule has 102 valence electrons. The zero-order valence-electron chi connectivity index (χ0n) is 11.6. The number of furan rings is 1. The Balaban J connectivity index is 1.85. The lowest BCUT2D eigenvalue weighted by atomic mass is 10.2. The molecular weight excluding hydrogens is 254 g/mol. The first-order valence-electron chi connectivity index (χ1n) is 6.62. The summed E-state index contributed by atoms with van der Waals surface area (Å²) in [4.78, 5) is 8.71. The van der Waals surface area contributed by atoms with Crippen LogP contribution in [0.4, 0.5) is 5.69 Å². The molecule has 2 aromatic heterocycles. The minimum atomic E-state index is 0.297. The Kier molecular flexibility index (Phi) is 2.16. The standard InChI is InChI=1S/C15H15N3O2/c1-9-16-14-12-5-4-11(8-13(12)20-15(14)19-9)18-7-6-17(3)10(18)2/h4-8,10H,1-3H3/t10-/m0/s1. The van der Waals surface area contributed by atoms with Crippen LogP contribution in [0.5, 0.6) is 0 Å². The van der Waals surface area contributed by atoms with Crippen molar-refractivity contribution in [2.45, 2.75) is 20.0 Å². The highest BCUT2D eigenvalue weighted by Crippen LogP contribution is 2.33. The maximum atomic E-state index is 5.74. The molecule has 0 saturated carbocycles. The quantitative estimate of drug-likeness (QED) is 0.677. The van der Waals surface area contributed by atoms with Crippen molar-refractivity contribution in [3.05, 3.63) is 36.5 Å². The van der Waals surface area contributed by atoms with Gasteiger partial charge in [0.05, 0.1) is 5.39 Å². The van der Waals surface area contributed by atoms with E-state index >= 15 is 0 Å². The van der Waals surface area contributed by atoms with Gasteiger partial charge in [-0.05, 0) is 19.1 Å². The van der Waals surface area contributed by atoms with Crippen LogP contribution in [0, 0.1) is 6.92 Å². The average Bonchev–Trinajstić information content (AvgIpc) is 3.03. The van der Waals surface area contributed by atoms with Gasteiger partial charge in [0.15, 0.2) is 11.4 Å². The Morgan fingerprint density at radius 1 is 1.20 bits per heavy atom. The third-order valence-corrected chi connectivity index (χ3v) is 3.88. The number of fused-ring (bicyclic) bond motifs is 3. The van der Waals surface area contributed by atoms with E-state index in [2.05, 4.69) is 47.2 Å². The van der Waals surface area contributed by atoms with E-state index in [0.717, 1.165) is 22.2 Å². The molecule has 4 rings (SSSR count). The summed E-state index contributed by atoms with van der Waals surface area (Å²) in [7, 11) is 2.06. The summed E-state index contributed by atoms with van der Waals surface area (Å²) in [6.45, 7) is 3.98. The van der Waals surface area contributed by atoms with Gasteiger partial charge in [-0.2, -0.15) is 0 Å². The molecule has 0 aliphatic carbocycles. The van der Waals surface area contributed by atoms with E-state index in [0.29, 0.717) is 17.8 Å². The molecule has 0 N–H and O–H groups in total. The molecule has 3 heterocycles. The van der Waals surface area contributed by atoms with Crippen LogP contribution in [0.25, 0.3) is 22.3 Å². The van der Waals surface area contributed by atoms with Crippen LogP contribution in [0.2, 0.25) is 0 Å². The molecule has 1 aromatic carbocycles. The highest BCUT2D eigenvalue weighted by molar-refractivity contribution is 6.01. The Hall–Kier alpha value is -2.43. The van der Waals surface area contributed by atoms with E-state index in [-0.39, 0.29) is 0 Å². The van der Waals surface area contributed by atoms with Gasteiger partial charge < -0.3 is 18.6 Å². The second-order valence-corrected chi connectivity index (χ2v) is 5.15. The van der Waals surface area contributed by atoms with E-state index < -0.39 is 0 Å². The number of benzene rings is 1. The van der Waals surface area contributed by atoms with Gasteiger partial charge in [-0.3, -0.25) is 0 Å². The van der Waals surface area contributed by atoms with Crippen molar-refractivity contribution in [1.82, 2.24) is 9.88 Å². The number of aromatic nitrogens is 1. The molecule has 0 unspecified atom stereocenters. The molecule has 20 heavy (non-hydrogen) atoms. The molecular formula is C15H15N3O2. The smallest absolute Gasteiger partial charge is 0.319 e. The summed E-state index contributed by atoms with van der Waals surface area (Å²) in [6.07, 6.45) is 4.43. The summed E-state index contributed by atoms with van der Waals surface area (Å²) < 4.78 is 11.2. The third-order valence-electron chi connectivity index (χ3n) is 3.88. The maximum absolute atomic E-state index is 5.74. The van der Waals surface area contributed by atoms with E-state index in [1.165, 1.54) is 0 Å². The number of aryl methyl sites for hydroxylation is 1. The van der Waals surface area contributed by atoms with Crippen molar-refractivity contribution in [3.63, 3.8) is 0 Å². The van der Waals surface area contributed by atoms with Gasteiger partial charge in [-0.1, -0.05) is 0 Å². The van der Waals surface area contributed by atoms with Crippen LogP contribution in [-0.2, 0) is 0 Å². The van der Waals surface area contributed by atoms with Gasteiger partial charge in [-0.15, -0.1) is 0 Å². The Morgan fingerprint density at radius 3 is 2.80 bits per heavy atom. The lowest BCUT2D eigenvalue weighted by Crippen LogP contribution is -2.33. The van der Waals surface area contributed by atoms with E-state index in [4.69, 9.17) is 8.83 Å². The molecule has 0 fully saturated rings. The third kappa shape index (κ3) is 1.46. The molecule has 1 aliphatic heterocycles. The Morgan fingerprint density at radius 2 is 2.05 bits per heavy atom. The van der Waals surface area contributed by atoms with Gasteiger partial charge in [0, 0.05) is 38.1 Å². The molecule has 0 amide bonds. The Bertz CT molecular complexity index is 830. The molecule has 0 bridgehead atoms. The summed E-state index contributed by atoms with van der Waals surface area (Å²) in [6, 6.07) is 6.15. The molecule has 3 aromatic rings. The van der Waals surface area contributed by atoms with E-state index in [9.17, 15) is 0 Å². The summed E-state index contributed by atoms with van der Waals surface area (Å²) in [5.74, 6) is 1.12. The largest absolute Gasteiger partial charge is 0.424 e. The average molecular weight is 269 g/mol. The summed E-state index contributed by atoms with van der Waals surface area (Å²) >= 11 is 0. The summed E-state index contributed by atoms with van der Waals surface area (Å²) in [5.41, 5.74) is 2.70. The first-order chi connectivity index (χ1) is 9.63. The van der Waals surface area contributed by atoms with Crippen LogP contribution in [-0.4, -0.2) is 23.1 Å². The topological polar surface area (TPSA) is 45.7 Å². The predicted molar refractivity (Wildman–Crippen MR) is 77.4 cm³/mol. The van der Waals surface area contributed by atoms with Crippen LogP contribution < -0.4 is 4.90 Å². The van der Waals surface area contributed by atoms with Crippen LogP contribution >= 0.6 is 0 Å². The second-order valence-electron chi connectivity index (χ2n) is 5.15. The lowest BCUT2D eigenvalue weighted by molar-refractivity contribution is 0.383. The number of oxazole rings is 1. The van der Waals surface area contributed by atoms with Gasteiger partial charge >= 0.3 is 5.78 Å². The number of anilines is 1. The lowest BCUT2D eigenvalue weighted by Gasteiger charge is -2.26. The highest BCUT2D eigenvalue weighted by atomic mass is 16.5. The molecule has 5 nitrogen and oxygen atoms in total. The van der Waals surface area contributed by atoms with Crippen molar-refractivity contribution in [1.29, 1.82) is 0 Å². The van der Waals surface area contributed by atoms with Crippen LogP contribution in [0.15, 0.2) is 39.4 Å². The van der Waals surface area contributed by atoms with E-state index in [1.807, 2.05) is 19.1 Å². The molecule has 1 atom stereocenters. The summed E-state index contributed by atoms with van der Waals surface area (Å²) in [5, 5.41) is 0.991. The number of rotatable bonds is 1. The maximum Gasteiger partial charge on any atom is 0.319 e. The van der Waals surface area contributed by atoms with Gasteiger partial charge in [0.2, 0.25) is 0 Å². The molecule has 5 heteroatoms. The normalized spacial score (nSPS) is 18.9. The van der Waals surface area contributed by atoms with Crippen molar-refractivity contribution in [2.24, 2.45) is 0 Å². The number of nitrogens with zero attached hydrogens (tertiary/aromatic N) is 3. The SMILES string of the molecule is Cc1nc2c(o1)oc1cc(N3C=CN(C)[C@@H]3C)ccc12. The van der Waals surface area contributed by atoms with Crippen molar-refractivity contribution in [3.8, 4) is 0 Å². The minimum absolute atomic E-state index is 0.297. The van der Waals surface area contributed by atoms with Crippen molar-refractivity contribution in [2.75, 3.05) is 11.9 Å².